The van der Waals surface area contributed by atoms with E-state index in [1.165, 1.54) is 30.4 Å². The van der Waals surface area contributed by atoms with E-state index in [2.05, 4.69) is 10.1 Å². The van der Waals surface area contributed by atoms with Crippen molar-refractivity contribution in [2.45, 2.75) is 24.9 Å². The number of amides is 2. The van der Waals surface area contributed by atoms with E-state index in [4.69, 9.17) is 23.2 Å². The molecule has 1 aromatic rings. The molecule has 1 heterocycles. The van der Waals surface area contributed by atoms with Crippen LogP contribution in [0.25, 0.3) is 0 Å². The Morgan fingerprint density at radius 3 is 2.56 bits per heavy atom. The number of urea groups is 1. The van der Waals surface area contributed by atoms with Crippen LogP contribution in [-0.4, -0.2) is 35.6 Å². The quantitative estimate of drug-likeness (QED) is 0.680. The van der Waals surface area contributed by atoms with E-state index in [9.17, 15) is 27.9 Å². The van der Waals surface area contributed by atoms with Gasteiger partial charge in [0.2, 0.25) is 0 Å². The van der Waals surface area contributed by atoms with Gasteiger partial charge in [0.1, 0.15) is 5.92 Å². The molecular formula is C14H13Cl2F3N2O4. The molecule has 1 aromatic carbocycles. The van der Waals surface area contributed by atoms with Gasteiger partial charge in [0.15, 0.2) is 0 Å². The maximum absolute atomic E-state index is 13.4. The lowest BCUT2D eigenvalue weighted by atomic mass is 9.82. The van der Waals surface area contributed by atoms with E-state index in [1.807, 2.05) is 0 Å². The van der Waals surface area contributed by atoms with Crippen LogP contribution in [0, 0.1) is 5.92 Å². The maximum atomic E-state index is 13.4. The van der Waals surface area contributed by atoms with Gasteiger partial charge >= 0.3 is 18.2 Å². The third kappa shape index (κ3) is 3.63. The summed E-state index contributed by atoms with van der Waals surface area (Å²) in [7, 11) is 0. The molecule has 0 saturated carbocycles. The van der Waals surface area contributed by atoms with Crippen LogP contribution in [0.3, 0.4) is 0 Å². The first-order valence-corrected chi connectivity index (χ1v) is 7.76. The lowest BCUT2D eigenvalue weighted by Gasteiger charge is -2.44. The molecular weight excluding hydrogens is 388 g/mol. The minimum atomic E-state index is -5.35. The van der Waals surface area contributed by atoms with Crippen LogP contribution in [0.2, 0.25) is 10.0 Å². The van der Waals surface area contributed by atoms with Crippen molar-refractivity contribution in [1.29, 1.82) is 0 Å². The van der Waals surface area contributed by atoms with Gasteiger partial charge in [0.05, 0.1) is 12.6 Å². The highest BCUT2D eigenvalue weighted by atomic mass is 35.5. The fourth-order valence-electron chi connectivity index (χ4n) is 2.55. The summed E-state index contributed by atoms with van der Waals surface area (Å²) in [5.41, 5.74) is -3.86. The van der Waals surface area contributed by atoms with Crippen LogP contribution in [0.15, 0.2) is 18.2 Å². The molecule has 1 aliphatic heterocycles. The van der Waals surface area contributed by atoms with Crippen molar-refractivity contribution >= 4 is 35.2 Å². The van der Waals surface area contributed by atoms with Gasteiger partial charge in [-0.05, 0) is 24.6 Å². The molecule has 0 bridgehead atoms. The summed E-state index contributed by atoms with van der Waals surface area (Å²) in [5.74, 6) is -3.59. The van der Waals surface area contributed by atoms with Crippen molar-refractivity contribution in [3.63, 3.8) is 0 Å². The van der Waals surface area contributed by atoms with Crippen molar-refractivity contribution in [2.75, 3.05) is 6.61 Å². The zero-order valence-electron chi connectivity index (χ0n) is 12.7. The third-order valence-corrected chi connectivity index (χ3v) is 4.21. The predicted molar refractivity (Wildman–Crippen MR) is 82.0 cm³/mol. The second-order valence-electron chi connectivity index (χ2n) is 5.24. The fraction of sp³-hybridized carbons (Fsp3) is 0.429. The maximum Gasteiger partial charge on any atom is 0.437 e. The van der Waals surface area contributed by atoms with Crippen molar-refractivity contribution in [3.8, 4) is 0 Å². The summed E-state index contributed by atoms with van der Waals surface area (Å²) in [4.78, 5) is 23.9. The Balaban J connectivity index is 2.61. The minimum absolute atomic E-state index is 0.0263. The fourth-order valence-corrected chi connectivity index (χ4v) is 3.08. The van der Waals surface area contributed by atoms with E-state index in [-0.39, 0.29) is 22.2 Å². The molecule has 25 heavy (non-hydrogen) atoms. The molecule has 1 aliphatic rings. The van der Waals surface area contributed by atoms with Gasteiger partial charge in [-0.2, -0.15) is 13.2 Å². The molecule has 11 heteroatoms. The van der Waals surface area contributed by atoms with E-state index >= 15 is 0 Å². The Hall–Kier alpha value is -1.71. The van der Waals surface area contributed by atoms with Crippen molar-refractivity contribution in [1.82, 2.24) is 10.6 Å². The second-order valence-corrected chi connectivity index (χ2v) is 6.08. The van der Waals surface area contributed by atoms with Gasteiger partial charge in [-0.1, -0.05) is 29.3 Å². The lowest BCUT2D eigenvalue weighted by molar-refractivity contribution is -0.294. The summed E-state index contributed by atoms with van der Waals surface area (Å²) < 4.78 is 45.0. The van der Waals surface area contributed by atoms with Gasteiger partial charge in [-0.3, -0.25) is 4.79 Å². The number of hydrogen-bond donors (Lipinski definition) is 3. The number of hydrogen-bond acceptors (Lipinski definition) is 4. The van der Waals surface area contributed by atoms with Gasteiger partial charge < -0.3 is 20.5 Å². The van der Waals surface area contributed by atoms with Gasteiger partial charge in [-0.15, -0.1) is 0 Å². The average Bonchev–Trinajstić information content (AvgIpc) is 2.45. The lowest BCUT2D eigenvalue weighted by Crippen LogP contribution is -2.73. The molecule has 0 radical (unpaired) electrons. The number of esters is 1. The van der Waals surface area contributed by atoms with Gasteiger partial charge in [-0.25, -0.2) is 4.79 Å². The van der Waals surface area contributed by atoms with Crippen LogP contribution in [0.4, 0.5) is 18.0 Å². The highest BCUT2D eigenvalue weighted by Crippen LogP contribution is 2.44. The SMILES string of the molecule is CCOC(=O)[C@@H]1[C@H](c2ccc(Cl)cc2Cl)NC(=O)N[C@]1(O)C(F)(F)F. The van der Waals surface area contributed by atoms with E-state index in [0.29, 0.717) is 0 Å². The monoisotopic (exact) mass is 400 g/mol. The molecule has 2 rings (SSSR count). The number of ether oxygens (including phenoxy) is 1. The Bertz CT molecular complexity index is 701. The topological polar surface area (TPSA) is 87.7 Å². The summed E-state index contributed by atoms with van der Waals surface area (Å²) in [5, 5.41) is 13.8. The zero-order chi connectivity index (χ0) is 19.0. The zero-order valence-corrected chi connectivity index (χ0v) is 14.2. The molecule has 6 nitrogen and oxygen atoms in total. The van der Waals surface area contributed by atoms with Crippen LogP contribution in [0.1, 0.15) is 18.5 Å². The third-order valence-electron chi connectivity index (χ3n) is 3.64. The second kappa shape index (κ2) is 6.89. The number of aliphatic hydroxyl groups is 1. The Morgan fingerprint density at radius 2 is 2.04 bits per heavy atom. The van der Waals surface area contributed by atoms with Crippen LogP contribution >= 0.6 is 23.2 Å². The summed E-state index contributed by atoms with van der Waals surface area (Å²) >= 11 is 11.8. The Labute approximate surface area is 150 Å². The van der Waals surface area contributed by atoms with Crippen LogP contribution in [-0.2, 0) is 9.53 Å². The predicted octanol–water partition coefficient (Wildman–Crippen LogP) is 2.78. The number of carbonyl (C=O) groups excluding carboxylic acids is 2. The van der Waals surface area contributed by atoms with E-state index < -0.39 is 35.9 Å². The molecule has 3 atom stereocenters. The summed E-state index contributed by atoms with van der Waals surface area (Å²) in [6, 6.07) is 0.901. The molecule has 138 valence electrons. The van der Waals surface area contributed by atoms with Crippen molar-refractivity contribution in [2.24, 2.45) is 5.92 Å². The van der Waals surface area contributed by atoms with E-state index in [1.54, 1.807) is 0 Å². The number of nitrogens with one attached hydrogen (secondary N) is 2. The standard InChI is InChI=1S/C14H13Cl2F3N2O4/c1-2-25-11(22)9-10(7-4-3-6(15)5-8(7)16)20-12(23)21-13(9,24)14(17,18)19/h3-5,9-10,24H,2H2,1H3,(H2,20,21,23)/t9-,10-,13+/m0/s1. The minimum Gasteiger partial charge on any atom is -0.466 e. The van der Waals surface area contributed by atoms with Crippen LogP contribution < -0.4 is 10.6 Å². The molecule has 0 unspecified atom stereocenters. The first-order valence-electron chi connectivity index (χ1n) is 7.00. The van der Waals surface area contributed by atoms with Crippen molar-refractivity contribution < 1.29 is 32.6 Å². The molecule has 1 saturated heterocycles. The smallest absolute Gasteiger partial charge is 0.437 e. The number of carbonyl (C=O) groups is 2. The average molecular weight is 401 g/mol. The first kappa shape index (κ1) is 19.6. The summed E-state index contributed by atoms with van der Waals surface area (Å²) in [6.07, 6.45) is -5.35. The molecule has 0 aliphatic carbocycles. The molecule has 1 fully saturated rings. The molecule has 2 amide bonds. The molecule has 3 N–H and O–H groups in total. The van der Waals surface area contributed by atoms with Gasteiger partial charge in [0.25, 0.3) is 5.72 Å². The number of benzene rings is 1. The number of rotatable bonds is 3. The highest BCUT2D eigenvalue weighted by Gasteiger charge is 2.67. The van der Waals surface area contributed by atoms with Crippen LogP contribution in [0.5, 0.6) is 0 Å². The van der Waals surface area contributed by atoms with Crippen molar-refractivity contribution in [3.05, 3.63) is 33.8 Å². The highest BCUT2D eigenvalue weighted by molar-refractivity contribution is 6.35. The van der Waals surface area contributed by atoms with E-state index in [0.717, 1.165) is 0 Å². The first-order chi connectivity index (χ1) is 11.5. The Morgan fingerprint density at radius 1 is 1.40 bits per heavy atom. The Kier molecular flexibility index (Phi) is 5.41. The molecule has 0 spiro atoms. The number of alkyl halides is 3. The molecule has 0 aromatic heterocycles. The number of halogens is 5. The summed E-state index contributed by atoms with van der Waals surface area (Å²) in [6.45, 7) is 1.17. The van der Waals surface area contributed by atoms with Gasteiger partial charge in [0, 0.05) is 10.0 Å². The normalized spacial score (nSPS) is 26.6. The largest absolute Gasteiger partial charge is 0.466 e.